The van der Waals surface area contributed by atoms with Crippen LogP contribution in [0.3, 0.4) is 0 Å². The highest BCUT2D eigenvalue weighted by molar-refractivity contribution is 5.54. The third kappa shape index (κ3) is 1.84. The van der Waals surface area contributed by atoms with Gasteiger partial charge in [-0.2, -0.15) is 0 Å². The highest BCUT2D eigenvalue weighted by Crippen LogP contribution is 2.36. The second-order valence-electron chi connectivity index (χ2n) is 5.21. The zero-order valence-electron chi connectivity index (χ0n) is 10.3. The summed E-state index contributed by atoms with van der Waals surface area (Å²) in [5.41, 5.74) is 8.42. The number of rotatable bonds is 3. The molecule has 2 aromatic rings. The Morgan fingerprint density at radius 2 is 2.35 bits per heavy atom. The Balaban J connectivity index is 2.04. The normalized spacial score (nSPS) is 18.2. The molecule has 3 heteroatoms. The van der Waals surface area contributed by atoms with Gasteiger partial charge in [-0.25, -0.2) is 4.98 Å². The minimum atomic E-state index is 0.197. The van der Waals surface area contributed by atoms with Gasteiger partial charge in [-0.3, -0.25) is 0 Å². The second-order valence-corrected chi connectivity index (χ2v) is 5.21. The zero-order valence-corrected chi connectivity index (χ0v) is 10.3. The lowest BCUT2D eigenvalue weighted by Gasteiger charge is -2.24. The number of fused-ring (bicyclic) bond motifs is 1. The van der Waals surface area contributed by atoms with Gasteiger partial charge in [0, 0.05) is 18.2 Å². The lowest BCUT2D eigenvalue weighted by molar-refractivity contribution is 0.400. The van der Waals surface area contributed by atoms with Crippen molar-refractivity contribution in [2.75, 3.05) is 0 Å². The number of hydrogen-bond acceptors (Lipinski definition) is 2. The molecule has 0 bridgehead atoms. The Hall–Kier alpha value is -1.35. The van der Waals surface area contributed by atoms with Crippen molar-refractivity contribution in [3.05, 3.63) is 35.9 Å². The van der Waals surface area contributed by atoms with E-state index in [1.54, 1.807) is 0 Å². The fourth-order valence-corrected chi connectivity index (χ4v) is 2.59. The van der Waals surface area contributed by atoms with Gasteiger partial charge < -0.3 is 10.1 Å². The van der Waals surface area contributed by atoms with E-state index in [0.29, 0.717) is 5.92 Å². The maximum absolute atomic E-state index is 5.89. The van der Waals surface area contributed by atoms with Gasteiger partial charge in [0.25, 0.3) is 0 Å². The molecular weight excluding hydrogens is 210 g/mol. The molecule has 2 heterocycles. The van der Waals surface area contributed by atoms with Gasteiger partial charge in [0.15, 0.2) is 0 Å². The molecule has 1 fully saturated rings. The number of hydrogen-bond donors (Lipinski definition) is 1. The Kier molecular flexibility index (Phi) is 2.63. The average Bonchev–Trinajstić information content (AvgIpc) is 2.60. The van der Waals surface area contributed by atoms with Crippen LogP contribution in [0.25, 0.3) is 5.52 Å². The van der Waals surface area contributed by atoms with Gasteiger partial charge in [0.2, 0.25) is 0 Å². The molecule has 0 spiro atoms. The fourth-order valence-electron chi connectivity index (χ4n) is 2.59. The van der Waals surface area contributed by atoms with Gasteiger partial charge in [0.05, 0.1) is 11.7 Å². The maximum atomic E-state index is 5.89. The van der Waals surface area contributed by atoms with Crippen molar-refractivity contribution in [3.63, 3.8) is 0 Å². The quantitative estimate of drug-likeness (QED) is 0.878. The van der Waals surface area contributed by atoms with Crippen LogP contribution in [-0.2, 0) is 6.42 Å². The fraction of sp³-hybridized carbons (Fsp3) is 0.500. The van der Waals surface area contributed by atoms with E-state index in [2.05, 4.69) is 27.7 Å². The van der Waals surface area contributed by atoms with Gasteiger partial charge in [-0.1, -0.05) is 12.5 Å². The van der Waals surface area contributed by atoms with Crippen molar-refractivity contribution in [3.8, 4) is 0 Å². The van der Waals surface area contributed by atoms with Crippen molar-refractivity contribution >= 4 is 5.52 Å². The molecule has 1 aliphatic rings. The number of aromatic nitrogens is 2. The van der Waals surface area contributed by atoms with E-state index in [0.717, 1.165) is 6.42 Å². The highest BCUT2D eigenvalue weighted by Gasteiger charge is 2.23. The summed E-state index contributed by atoms with van der Waals surface area (Å²) in [5, 5.41) is 0. The van der Waals surface area contributed by atoms with Crippen LogP contribution in [0.5, 0.6) is 0 Å². The van der Waals surface area contributed by atoms with Crippen molar-refractivity contribution in [1.82, 2.24) is 9.38 Å². The summed E-state index contributed by atoms with van der Waals surface area (Å²) in [6.45, 7) is 2.05. The maximum Gasteiger partial charge on any atom is 0.116 e. The molecule has 90 valence electrons. The first kappa shape index (κ1) is 10.8. The summed E-state index contributed by atoms with van der Waals surface area (Å²) < 4.78 is 2.25. The van der Waals surface area contributed by atoms with E-state index in [9.17, 15) is 0 Å². The Morgan fingerprint density at radius 1 is 1.53 bits per heavy atom. The number of imidazole rings is 1. The van der Waals surface area contributed by atoms with Crippen molar-refractivity contribution in [2.45, 2.75) is 44.6 Å². The average molecular weight is 229 g/mol. The first-order chi connectivity index (χ1) is 8.25. The summed E-state index contributed by atoms with van der Waals surface area (Å²) in [7, 11) is 0. The number of nitrogens with zero attached hydrogens (tertiary/aromatic N) is 2. The minimum absolute atomic E-state index is 0.197. The van der Waals surface area contributed by atoms with Crippen molar-refractivity contribution in [1.29, 1.82) is 0 Å². The third-order valence-corrected chi connectivity index (χ3v) is 3.70. The molecule has 0 aliphatic heterocycles. The summed E-state index contributed by atoms with van der Waals surface area (Å²) >= 11 is 0. The largest absolute Gasteiger partial charge is 0.328 e. The summed E-state index contributed by atoms with van der Waals surface area (Å²) in [4.78, 5) is 4.61. The molecule has 0 radical (unpaired) electrons. The Labute approximate surface area is 102 Å². The van der Waals surface area contributed by atoms with E-state index in [-0.39, 0.29) is 6.04 Å². The molecule has 0 saturated heterocycles. The van der Waals surface area contributed by atoms with Gasteiger partial charge in [-0.15, -0.1) is 0 Å². The first-order valence-corrected chi connectivity index (χ1v) is 6.46. The summed E-state index contributed by atoms with van der Waals surface area (Å²) in [6, 6.07) is 4.46. The standard InChI is InChI=1S/C14H19N3/c1-10(15)8-12-6-3-7-17-13(12)9-16-14(17)11-4-2-5-11/h3,6-7,9-11H,2,4-5,8,15H2,1H3. The summed E-state index contributed by atoms with van der Waals surface area (Å²) in [6.07, 6.45) is 8.97. The molecule has 2 N–H and O–H groups in total. The van der Waals surface area contributed by atoms with Crippen molar-refractivity contribution in [2.24, 2.45) is 5.73 Å². The van der Waals surface area contributed by atoms with Crippen LogP contribution in [-0.4, -0.2) is 15.4 Å². The molecule has 0 aromatic carbocycles. The van der Waals surface area contributed by atoms with Crippen LogP contribution in [0.1, 0.15) is 43.5 Å². The van der Waals surface area contributed by atoms with Crippen LogP contribution in [0.4, 0.5) is 0 Å². The molecule has 1 aliphatic carbocycles. The van der Waals surface area contributed by atoms with Crippen LogP contribution in [0.2, 0.25) is 0 Å². The number of pyridine rings is 1. The SMILES string of the molecule is CC(N)Cc1cccn2c(C3CCC3)ncc12. The molecule has 17 heavy (non-hydrogen) atoms. The highest BCUT2D eigenvalue weighted by atomic mass is 15.0. The van der Waals surface area contributed by atoms with Crippen LogP contribution in [0, 0.1) is 0 Å². The van der Waals surface area contributed by atoms with Gasteiger partial charge >= 0.3 is 0 Å². The van der Waals surface area contributed by atoms with E-state index >= 15 is 0 Å². The molecule has 1 unspecified atom stereocenters. The van der Waals surface area contributed by atoms with E-state index < -0.39 is 0 Å². The van der Waals surface area contributed by atoms with Crippen LogP contribution in [0.15, 0.2) is 24.5 Å². The lowest BCUT2D eigenvalue weighted by atomic mass is 9.85. The second kappa shape index (κ2) is 4.15. The molecular formula is C14H19N3. The predicted molar refractivity (Wildman–Crippen MR) is 69.1 cm³/mol. The third-order valence-electron chi connectivity index (χ3n) is 3.70. The molecule has 3 rings (SSSR count). The number of nitrogens with two attached hydrogens (primary N) is 1. The zero-order chi connectivity index (χ0) is 11.8. The van der Waals surface area contributed by atoms with E-state index in [1.807, 2.05) is 13.1 Å². The van der Waals surface area contributed by atoms with Crippen molar-refractivity contribution < 1.29 is 0 Å². The topological polar surface area (TPSA) is 43.3 Å². The predicted octanol–water partition coefficient (Wildman–Crippen LogP) is 2.49. The van der Waals surface area contributed by atoms with Crippen LogP contribution < -0.4 is 5.73 Å². The molecule has 3 nitrogen and oxygen atoms in total. The smallest absolute Gasteiger partial charge is 0.116 e. The molecule has 1 atom stereocenters. The lowest BCUT2D eigenvalue weighted by Crippen LogP contribution is -2.18. The monoisotopic (exact) mass is 229 g/mol. The van der Waals surface area contributed by atoms with E-state index in [1.165, 1.54) is 36.2 Å². The summed E-state index contributed by atoms with van der Waals surface area (Å²) in [5.74, 6) is 1.90. The van der Waals surface area contributed by atoms with Crippen LogP contribution >= 0.6 is 0 Å². The molecule has 2 aromatic heterocycles. The molecule has 1 saturated carbocycles. The Morgan fingerprint density at radius 3 is 3.00 bits per heavy atom. The van der Waals surface area contributed by atoms with E-state index in [4.69, 9.17) is 5.73 Å². The van der Waals surface area contributed by atoms with Gasteiger partial charge in [-0.05, 0) is 37.8 Å². The first-order valence-electron chi connectivity index (χ1n) is 6.46. The minimum Gasteiger partial charge on any atom is -0.328 e. The van der Waals surface area contributed by atoms with Gasteiger partial charge in [0.1, 0.15) is 5.82 Å². The Bertz CT molecular complexity index is 523. The molecule has 0 amide bonds.